The molecule has 0 N–H and O–H groups in total. The summed E-state index contributed by atoms with van der Waals surface area (Å²) in [6, 6.07) is 10.2. The van der Waals surface area contributed by atoms with Gasteiger partial charge in [0.05, 0.1) is 0 Å². The molecule has 0 saturated carbocycles. The number of para-hydroxylation sites is 1. The van der Waals surface area contributed by atoms with Crippen LogP contribution in [0.25, 0.3) is 0 Å². The molecule has 0 aliphatic rings. The van der Waals surface area contributed by atoms with Crippen LogP contribution in [0.2, 0.25) is 0 Å². The lowest BCUT2D eigenvalue weighted by Gasteiger charge is -2.08. The van der Waals surface area contributed by atoms with Gasteiger partial charge >= 0.3 is 0 Å². The number of hydrogen-bond donors (Lipinski definition) is 0. The molecule has 1 nitrogen and oxygen atoms in total. The Balaban J connectivity index is 2.28. The molecule has 0 aromatic heterocycles. The minimum Gasteiger partial charge on any atom is -0.451 e. The van der Waals surface area contributed by atoms with Gasteiger partial charge in [-0.2, -0.15) is 0 Å². The van der Waals surface area contributed by atoms with Gasteiger partial charge in [0.15, 0.2) is 23.1 Å². The molecule has 88 valence electrons. The molecule has 0 amide bonds. The van der Waals surface area contributed by atoms with Crippen molar-refractivity contribution >= 4 is 11.6 Å². The van der Waals surface area contributed by atoms with Crippen LogP contribution in [0.5, 0.6) is 11.5 Å². The van der Waals surface area contributed by atoms with E-state index in [-0.39, 0.29) is 17.4 Å². The third-order valence-electron chi connectivity index (χ3n) is 2.21. The van der Waals surface area contributed by atoms with Crippen molar-refractivity contribution in [3.8, 4) is 11.5 Å². The van der Waals surface area contributed by atoms with E-state index in [1.54, 1.807) is 12.1 Å². The number of ether oxygens (including phenoxy) is 1. The normalized spacial score (nSPS) is 10.3. The van der Waals surface area contributed by atoms with E-state index in [0.29, 0.717) is 5.56 Å². The summed E-state index contributed by atoms with van der Waals surface area (Å²) >= 11 is 5.57. The van der Waals surface area contributed by atoms with Crippen LogP contribution in [0.15, 0.2) is 42.5 Å². The van der Waals surface area contributed by atoms with Gasteiger partial charge in [-0.15, -0.1) is 11.6 Å². The molecule has 0 heterocycles. The van der Waals surface area contributed by atoms with E-state index in [1.807, 2.05) is 0 Å². The Hall–Kier alpha value is -1.61. The summed E-state index contributed by atoms with van der Waals surface area (Å²) in [6.45, 7) is 0. The van der Waals surface area contributed by atoms with Crippen molar-refractivity contribution in [2.24, 2.45) is 0 Å². The number of halogens is 3. The molecule has 0 radical (unpaired) electrons. The molecule has 0 bridgehead atoms. The molecular formula is C13H9ClF2O. The van der Waals surface area contributed by atoms with E-state index in [9.17, 15) is 8.78 Å². The molecule has 2 aromatic rings. The minimum absolute atomic E-state index is 0.00924. The van der Waals surface area contributed by atoms with E-state index in [4.69, 9.17) is 16.3 Å². The summed E-state index contributed by atoms with van der Waals surface area (Å²) in [6.07, 6.45) is 0. The summed E-state index contributed by atoms with van der Waals surface area (Å²) < 4.78 is 32.0. The van der Waals surface area contributed by atoms with Gasteiger partial charge in [0.25, 0.3) is 0 Å². The second kappa shape index (κ2) is 5.15. The standard InChI is InChI=1S/C13H9ClF2O/c14-8-9-5-6-13(11(16)7-9)17-12-4-2-1-3-10(12)15/h1-7H,8H2. The molecule has 0 aliphatic heterocycles. The lowest BCUT2D eigenvalue weighted by Crippen LogP contribution is -1.92. The third kappa shape index (κ3) is 2.74. The van der Waals surface area contributed by atoms with E-state index < -0.39 is 11.6 Å². The average molecular weight is 255 g/mol. The molecule has 2 aromatic carbocycles. The first kappa shape index (κ1) is 11.9. The number of alkyl halides is 1. The zero-order valence-corrected chi connectivity index (χ0v) is 9.55. The van der Waals surface area contributed by atoms with Crippen LogP contribution in [0, 0.1) is 11.6 Å². The molecule has 17 heavy (non-hydrogen) atoms. The Kier molecular flexibility index (Phi) is 3.59. The number of rotatable bonds is 3. The van der Waals surface area contributed by atoms with Crippen LogP contribution in [0.3, 0.4) is 0 Å². The highest BCUT2D eigenvalue weighted by Crippen LogP contribution is 2.27. The van der Waals surface area contributed by atoms with Crippen molar-refractivity contribution in [2.75, 3.05) is 0 Å². The van der Waals surface area contributed by atoms with Crippen molar-refractivity contribution < 1.29 is 13.5 Å². The monoisotopic (exact) mass is 254 g/mol. The van der Waals surface area contributed by atoms with Crippen molar-refractivity contribution in [2.45, 2.75) is 5.88 Å². The van der Waals surface area contributed by atoms with Crippen molar-refractivity contribution in [3.05, 3.63) is 59.7 Å². The fourth-order valence-electron chi connectivity index (χ4n) is 1.36. The van der Waals surface area contributed by atoms with Crippen LogP contribution in [-0.2, 0) is 5.88 Å². The average Bonchev–Trinajstić information content (AvgIpc) is 2.34. The smallest absolute Gasteiger partial charge is 0.166 e. The van der Waals surface area contributed by atoms with Gasteiger partial charge in [-0.1, -0.05) is 18.2 Å². The van der Waals surface area contributed by atoms with Crippen molar-refractivity contribution in [1.82, 2.24) is 0 Å². The van der Waals surface area contributed by atoms with Crippen molar-refractivity contribution in [3.63, 3.8) is 0 Å². The number of benzene rings is 2. The van der Waals surface area contributed by atoms with Gasteiger partial charge in [-0.05, 0) is 29.8 Å². The summed E-state index contributed by atoms with van der Waals surface area (Å²) in [7, 11) is 0. The largest absolute Gasteiger partial charge is 0.451 e. The molecular weight excluding hydrogens is 246 g/mol. The molecule has 0 aliphatic carbocycles. The van der Waals surface area contributed by atoms with E-state index >= 15 is 0 Å². The zero-order valence-electron chi connectivity index (χ0n) is 8.79. The maximum atomic E-state index is 13.5. The Morgan fingerprint density at radius 3 is 2.29 bits per heavy atom. The van der Waals surface area contributed by atoms with Crippen LogP contribution in [0.1, 0.15) is 5.56 Å². The van der Waals surface area contributed by atoms with Gasteiger partial charge in [0, 0.05) is 5.88 Å². The Morgan fingerprint density at radius 1 is 0.941 bits per heavy atom. The van der Waals surface area contributed by atoms with E-state index in [2.05, 4.69) is 0 Å². The van der Waals surface area contributed by atoms with Crippen LogP contribution < -0.4 is 4.74 Å². The molecule has 2 rings (SSSR count). The quantitative estimate of drug-likeness (QED) is 0.733. The lowest BCUT2D eigenvalue weighted by molar-refractivity contribution is 0.414. The Labute approximate surface area is 103 Å². The first-order valence-corrected chi connectivity index (χ1v) is 5.51. The third-order valence-corrected chi connectivity index (χ3v) is 2.52. The molecule has 0 spiro atoms. The van der Waals surface area contributed by atoms with Crippen molar-refractivity contribution in [1.29, 1.82) is 0 Å². The molecule has 0 fully saturated rings. The van der Waals surface area contributed by atoms with Gasteiger partial charge in [0.2, 0.25) is 0 Å². The lowest BCUT2D eigenvalue weighted by atomic mass is 10.2. The molecule has 0 saturated heterocycles. The maximum absolute atomic E-state index is 13.5. The minimum atomic E-state index is -0.564. The topological polar surface area (TPSA) is 9.23 Å². The second-order valence-electron chi connectivity index (χ2n) is 3.43. The predicted octanol–water partition coefficient (Wildman–Crippen LogP) is 4.50. The van der Waals surface area contributed by atoms with Gasteiger partial charge in [-0.3, -0.25) is 0 Å². The molecule has 0 unspecified atom stereocenters. The first-order chi connectivity index (χ1) is 8.20. The summed E-state index contributed by atoms with van der Waals surface area (Å²) in [4.78, 5) is 0. The fourth-order valence-corrected chi connectivity index (χ4v) is 1.52. The highest BCUT2D eigenvalue weighted by molar-refractivity contribution is 6.17. The SMILES string of the molecule is Fc1ccccc1Oc1ccc(CCl)cc1F. The van der Waals surface area contributed by atoms with Gasteiger partial charge < -0.3 is 4.74 Å². The van der Waals surface area contributed by atoms with E-state index in [1.165, 1.54) is 30.3 Å². The second-order valence-corrected chi connectivity index (χ2v) is 3.70. The summed E-state index contributed by atoms with van der Waals surface area (Å²) in [5, 5.41) is 0. The van der Waals surface area contributed by atoms with Crippen LogP contribution in [-0.4, -0.2) is 0 Å². The van der Waals surface area contributed by atoms with Gasteiger partial charge in [-0.25, -0.2) is 8.78 Å². The zero-order chi connectivity index (χ0) is 12.3. The maximum Gasteiger partial charge on any atom is 0.166 e. The highest BCUT2D eigenvalue weighted by Gasteiger charge is 2.08. The van der Waals surface area contributed by atoms with Crippen LogP contribution in [0.4, 0.5) is 8.78 Å². The van der Waals surface area contributed by atoms with Crippen LogP contribution >= 0.6 is 11.6 Å². The predicted molar refractivity (Wildman–Crippen MR) is 62.4 cm³/mol. The molecule has 0 atom stereocenters. The Morgan fingerprint density at radius 2 is 1.65 bits per heavy atom. The summed E-state index contributed by atoms with van der Waals surface area (Å²) in [5.74, 6) is -0.912. The fraction of sp³-hybridized carbons (Fsp3) is 0.0769. The van der Waals surface area contributed by atoms with E-state index in [0.717, 1.165) is 0 Å². The first-order valence-electron chi connectivity index (χ1n) is 4.97. The molecule has 4 heteroatoms. The Bertz CT molecular complexity index is 529. The number of hydrogen-bond acceptors (Lipinski definition) is 1. The summed E-state index contributed by atoms with van der Waals surface area (Å²) in [5.41, 5.74) is 0.644. The highest BCUT2D eigenvalue weighted by atomic mass is 35.5. The van der Waals surface area contributed by atoms with Gasteiger partial charge in [0.1, 0.15) is 0 Å².